The van der Waals surface area contributed by atoms with Gasteiger partial charge in [-0.05, 0) is 42.7 Å². The normalized spacial score (nSPS) is 15.8. The number of methoxy groups -OCH3 is 2. The second-order valence-corrected chi connectivity index (χ2v) is 9.55. The molecule has 3 aromatic rings. The first-order chi connectivity index (χ1) is 18.5. The van der Waals surface area contributed by atoms with Crippen molar-refractivity contribution in [3.05, 3.63) is 58.4 Å². The fraction of sp³-hybridized carbons (Fsp3) is 0.429. The summed E-state index contributed by atoms with van der Waals surface area (Å²) in [5.41, 5.74) is 1.51. The maximum Gasteiger partial charge on any atom is 0.407 e. The topological polar surface area (TPSA) is 103 Å². The average molecular weight is 524 g/mol. The minimum Gasteiger partial charge on any atom is -0.497 e. The van der Waals surface area contributed by atoms with Crippen LogP contribution in [-0.4, -0.2) is 78.7 Å². The van der Waals surface area contributed by atoms with Crippen LogP contribution >= 0.6 is 0 Å². The molecule has 1 aromatic heterocycles. The van der Waals surface area contributed by atoms with Crippen LogP contribution < -0.4 is 24.5 Å². The molecule has 0 unspecified atom stereocenters. The van der Waals surface area contributed by atoms with Crippen molar-refractivity contribution in [1.82, 2.24) is 14.4 Å². The first kappa shape index (κ1) is 25.7. The molecule has 5 rings (SSSR count). The molecule has 202 valence electrons. The molecular formula is C28H33N3O7. The standard InChI is InChI=1S/C28H33N3O7/c1-35-21-4-5-22-23(16-21)30(27(32)17-25(22)36-2)12-11-29-9-7-20(8-10-29)31(28(33)34)18-19-3-6-24-26(15-19)38-14-13-37-24/h3-6,15-17,20H,7-14,18H2,1-2H3,(H,33,34). The lowest BCUT2D eigenvalue weighted by Crippen LogP contribution is -2.47. The highest BCUT2D eigenvalue weighted by molar-refractivity contribution is 5.86. The highest BCUT2D eigenvalue weighted by atomic mass is 16.6. The van der Waals surface area contributed by atoms with Gasteiger partial charge in [0.1, 0.15) is 24.7 Å². The summed E-state index contributed by atoms with van der Waals surface area (Å²) in [5.74, 6) is 2.56. The zero-order valence-corrected chi connectivity index (χ0v) is 21.7. The van der Waals surface area contributed by atoms with Crippen LogP contribution in [0.4, 0.5) is 4.79 Å². The Labute approximate surface area is 220 Å². The number of carbonyl (C=O) groups is 1. The minimum atomic E-state index is -0.927. The number of aromatic nitrogens is 1. The van der Waals surface area contributed by atoms with Crippen LogP contribution in [0, 0.1) is 0 Å². The Morgan fingerprint density at radius 2 is 1.76 bits per heavy atom. The Balaban J connectivity index is 1.23. The van der Waals surface area contributed by atoms with Gasteiger partial charge in [-0.2, -0.15) is 0 Å². The highest BCUT2D eigenvalue weighted by Gasteiger charge is 2.28. The second-order valence-electron chi connectivity index (χ2n) is 9.55. The second kappa shape index (κ2) is 11.2. The number of carboxylic acid groups (broad SMARTS) is 1. The molecule has 1 amide bonds. The summed E-state index contributed by atoms with van der Waals surface area (Å²) < 4.78 is 23.8. The fourth-order valence-electron chi connectivity index (χ4n) is 5.29. The van der Waals surface area contributed by atoms with Crippen LogP contribution in [0.5, 0.6) is 23.0 Å². The van der Waals surface area contributed by atoms with Crippen LogP contribution in [0.3, 0.4) is 0 Å². The van der Waals surface area contributed by atoms with Gasteiger partial charge in [0, 0.05) is 56.3 Å². The van der Waals surface area contributed by atoms with E-state index in [2.05, 4.69) is 4.90 Å². The van der Waals surface area contributed by atoms with E-state index in [1.54, 1.807) is 18.8 Å². The minimum absolute atomic E-state index is 0.0780. The molecule has 2 aliphatic rings. The van der Waals surface area contributed by atoms with Crippen LogP contribution in [0.15, 0.2) is 47.3 Å². The number of hydrogen-bond donors (Lipinski definition) is 1. The number of piperidine rings is 1. The van der Waals surface area contributed by atoms with E-state index >= 15 is 0 Å². The van der Waals surface area contributed by atoms with Crippen LogP contribution in [-0.2, 0) is 13.1 Å². The summed E-state index contributed by atoms with van der Waals surface area (Å²) in [7, 11) is 3.16. The molecule has 0 bridgehead atoms. The Morgan fingerprint density at radius 3 is 2.47 bits per heavy atom. The molecular weight excluding hydrogens is 490 g/mol. The number of pyridine rings is 1. The van der Waals surface area contributed by atoms with Gasteiger partial charge >= 0.3 is 6.09 Å². The zero-order valence-electron chi connectivity index (χ0n) is 21.7. The number of fused-ring (bicyclic) bond motifs is 2. The third-order valence-corrected chi connectivity index (χ3v) is 7.34. The Kier molecular flexibility index (Phi) is 7.59. The Hall–Kier alpha value is -3.92. The Bertz CT molecular complexity index is 1360. The third-order valence-electron chi connectivity index (χ3n) is 7.34. The summed E-state index contributed by atoms with van der Waals surface area (Å²) in [5, 5.41) is 10.8. The van der Waals surface area contributed by atoms with Crippen LogP contribution in [0.25, 0.3) is 10.9 Å². The van der Waals surface area contributed by atoms with Gasteiger partial charge in [-0.3, -0.25) is 4.79 Å². The highest BCUT2D eigenvalue weighted by Crippen LogP contribution is 2.32. The predicted molar refractivity (Wildman–Crippen MR) is 142 cm³/mol. The van der Waals surface area contributed by atoms with Gasteiger partial charge in [0.05, 0.1) is 19.7 Å². The van der Waals surface area contributed by atoms with Crippen molar-refractivity contribution >= 4 is 17.0 Å². The molecule has 10 nitrogen and oxygen atoms in total. The summed E-state index contributed by atoms with van der Waals surface area (Å²) in [6.07, 6.45) is 0.523. The molecule has 1 N–H and O–H groups in total. The van der Waals surface area contributed by atoms with Crippen molar-refractivity contribution in [2.75, 3.05) is 47.1 Å². The molecule has 0 spiro atoms. The number of likely N-dealkylation sites (tertiary alicyclic amines) is 1. The smallest absolute Gasteiger partial charge is 0.407 e. The quantitative estimate of drug-likeness (QED) is 0.479. The van der Waals surface area contributed by atoms with Crippen molar-refractivity contribution < 1.29 is 28.8 Å². The lowest BCUT2D eigenvalue weighted by atomic mass is 10.0. The van der Waals surface area contributed by atoms with E-state index in [1.807, 2.05) is 36.4 Å². The van der Waals surface area contributed by atoms with E-state index in [0.717, 1.165) is 42.4 Å². The SMILES string of the molecule is COc1ccc2c(OC)cc(=O)n(CCN3CCC(N(Cc4ccc5c(c4)OCCO5)C(=O)O)CC3)c2c1. The van der Waals surface area contributed by atoms with Gasteiger partial charge in [-0.25, -0.2) is 4.79 Å². The van der Waals surface area contributed by atoms with Gasteiger partial charge < -0.3 is 38.4 Å². The fourth-order valence-corrected chi connectivity index (χ4v) is 5.29. The van der Waals surface area contributed by atoms with E-state index in [9.17, 15) is 14.7 Å². The predicted octanol–water partition coefficient (Wildman–Crippen LogP) is 3.43. The average Bonchev–Trinajstić information content (AvgIpc) is 2.95. The summed E-state index contributed by atoms with van der Waals surface area (Å²) in [6, 6.07) is 12.6. The molecule has 0 radical (unpaired) electrons. The van der Waals surface area contributed by atoms with Gasteiger partial charge in [-0.15, -0.1) is 0 Å². The summed E-state index contributed by atoms with van der Waals surface area (Å²) in [4.78, 5) is 28.9. The summed E-state index contributed by atoms with van der Waals surface area (Å²) in [6.45, 7) is 4.00. The largest absolute Gasteiger partial charge is 0.497 e. The monoisotopic (exact) mass is 523 g/mol. The number of rotatable bonds is 8. The number of hydrogen-bond acceptors (Lipinski definition) is 7. The number of benzene rings is 2. The lowest BCUT2D eigenvalue weighted by molar-refractivity contribution is 0.0856. The first-order valence-corrected chi connectivity index (χ1v) is 12.8. The van der Waals surface area contributed by atoms with Crippen molar-refractivity contribution in [2.24, 2.45) is 0 Å². The van der Waals surface area contributed by atoms with E-state index in [0.29, 0.717) is 55.8 Å². The van der Waals surface area contributed by atoms with E-state index in [1.165, 1.54) is 11.0 Å². The van der Waals surface area contributed by atoms with E-state index < -0.39 is 6.09 Å². The molecule has 1 saturated heterocycles. The third kappa shape index (κ3) is 5.35. The maximum absolute atomic E-state index is 12.9. The molecule has 10 heteroatoms. The number of nitrogens with zero attached hydrogens (tertiary/aromatic N) is 3. The molecule has 0 saturated carbocycles. The lowest BCUT2D eigenvalue weighted by Gasteiger charge is -2.37. The first-order valence-electron chi connectivity index (χ1n) is 12.8. The molecule has 0 atom stereocenters. The zero-order chi connectivity index (χ0) is 26.6. The van der Waals surface area contributed by atoms with Gasteiger partial charge in [0.25, 0.3) is 5.56 Å². The van der Waals surface area contributed by atoms with E-state index in [4.69, 9.17) is 18.9 Å². The molecule has 3 heterocycles. The van der Waals surface area contributed by atoms with Crippen molar-refractivity contribution in [3.8, 4) is 23.0 Å². The van der Waals surface area contributed by atoms with Gasteiger partial charge in [-0.1, -0.05) is 6.07 Å². The van der Waals surface area contributed by atoms with E-state index in [-0.39, 0.29) is 11.6 Å². The maximum atomic E-state index is 12.9. The van der Waals surface area contributed by atoms with Crippen LogP contribution in [0.1, 0.15) is 18.4 Å². The van der Waals surface area contributed by atoms with Crippen LogP contribution in [0.2, 0.25) is 0 Å². The van der Waals surface area contributed by atoms with Gasteiger partial charge in [0.2, 0.25) is 0 Å². The van der Waals surface area contributed by atoms with Crippen molar-refractivity contribution in [3.63, 3.8) is 0 Å². The number of amides is 1. The molecule has 2 aliphatic heterocycles. The Morgan fingerprint density at radius 1 is 1.00 bits per heavy atom. The molecule has 1 fully saturated rings. The number of ether oxygens (including phenoxy) is 4. The van der Waals surface area contributed by atoms with Gasteiger partial charge in [0.15, 0.2) is 11.5 Å². The summed E-state index contributed by atoms with van der Waals surface area (Å²) >= 11 is 0. The van der Waals surface area contributed by atoms with Crippen molar-refractivity contribution in [1.29, 1.82) is 0 Å². The molecule has 0 aliphatic carbocycles. The van der Waals surface area contributed by atoms with Crippen molar-refractivity contribution in [2.45, 2.75) is 32.0 Å². The molecule has 38 heavy (non-hydrogen) atoms. The molecule has 2 aromatic carbocycles.